The third-order valence-corrected chi connectivity index (χ3v) is 2.31. The fraction of sp³-hybridized carbons (Fsp3) is 0.800. The Morgan fingerprint density at radius 2 is 2.54 bits per heavy atom. The van der Waals surface area contributed by atoms with Crippen molar-refractivity contribution in [3.8, 4) is 12.3 Å². The van der Waals surface area contributed by atoms with E-state index in [4.69, 9.17) is 11.2 Å². The Kier molecular flexibility index (Phi) is 4.84. The van der Waals surface area contributed by atoms with Crippen LogP contribution in [-0.4, -0.2) is 50.3 Å². The summed E-state index contributed by atoms with van der Waals surface area (Å²) in [5.74, 6) is 2.56. The highest BCUT2D eigenvalue weighted by atomic mass is 16.5. The Bertz CT molecular complexity index is 176. The van der Waals surface area contributed by atoms with Gasteiger partial charge in [0.05, 0.1) is 19.8 Å². The number of ether oxygens (including phenoxy) is 1. The van der Waals surface area contributed by atoms with E-state index in [2.05, 4.69) is 23.1 Å². The van der Waals surface area contributed by atoms with E-state index in [9.17, 15) is 0 Å². The van der Waals surface area contributed by atoms with Crippen LogP contribution in [0.25, 0.3) is 0 Å². The molecule has 13 heavy (non-hydrogen) atoms. The van der Waals surface area contributed by atoms with E-state index in [0.29, 0.717) is 12.6 Å². The van der Waals surface area contributed by atoms with Crippen molar-refractivity contribution >= 4 is 0 Å². The van der Waals surface area contributed by atoms with Gasteiger partial charge in [-0.1, -0.05) is 5.92 Å². The van der Waals surface area contributed by atoms with Crippen molar-refractivity contribution in [2.45, 2.75) is 13.0 Å². The number of hydrogen-bond donors (Lipinski definition) is 1. The van der Waals surface area contributed by atoms with Crippen molar-refractivity contribution in [2.24, 2.45) is 0 Å². The highest BCUT2D eigenvalue weighted by molar-refractivity contribution is 4.86. The minimum atomic E-state index is 0.543. The van der Waals surface area contributed by atoms with Crippen molar-refractivity contribution in [2.75, 3.05) is 39.4 Å². The summed E-state index contributed by atoms with van der Waals surface area (Å²) in [6.07, 6.45) is 5.13. The fourth-order valence-electron chi connectivity index (χ4n) is 1.48. The van der Waals surface area contributed by atoms with Gasteiger partial charge in [-0.05, 0) is 6.92 Å². The molecule has 1 atom stereocenters. The van der Waals surface area contributed by atoms with Gasteiger partial charge in [0.25, 0.3) is 0 Å². The molecule has 1 unspecified atom stereocenters. The molecule has 0 bridgehead atoms. The Labute approximate surface area is 80.4 Å². The van der Waals surface area contributed by atoms with Crippen LogP contribution in [0.3, 0.4) is 0 Å². The van der Waals surface area contributed by atoms with Gasteiger partial charge in [0.2, 0.25) is 0 Å². The fourth-order valence-corrected chi connectivity index (χ4v) is 1.48. The molecule has 0 radical (unpaired) electrons. The van der Waals surface area contributed by atoms with E-state index in [1.807, 2.05) is 0 Å². The van der Waals surface area contributed by atoms with Crippen molar-refractivity contribution in [1.82, 2.24) is 10.2 Å². The van der Waals surface area contributed by atoms with Gasteiger partial charge in [-0.15, -0.1) is 6.42 Å². The molecule has 0 amide bonds. The molecule has 0 saturated carbocycles. The number of rotatable bonds is 4. The van der Waals surface area contributed by atoms with E-state index in [-0.39, 0.29) is 0 Å². The molecule has 1 aliphatic heterocycles. The maximum Gasteiger partial charge on any atom is 0.0619 e. The Balaban J connectivity index is 2.09. The lowest BCUT2D eigenvalue weighted by molar-refractivity contribution is 0.000549. The Morgan fingerprint density at radius 3 is 3.23 bits per heavy atom. The molecule has 1 fully saturated rings. The van der Waals surface area contributed by atoms with Crippen LogP contribution in [0.2, 0.25) is 0 Å². The van der Waals surface area contributed by atoms with Crippen molar-refractivity contribution < 1.29 is 4.74 Å². The summed E-state index contributed by atoms with van der Waals surface area (Å²) in [6.45, 7) is 7.65. The number of nitrogens with zero attached hydrogens (tertiary/aromatic N) is 1. The summed E-state index contributed by atoms with van der Waals surface area (Å²) in [7, 11) is 0. The van der Waals surface area contributed by atoms with Gasteiger partial charge in [-0.25, -0.2) is 0 Å². The van der Waals surface area contributed by atoms with Gasteiger partial charge in [0, 0.05) is 25.7 Å². The molecule has 0 aromatic rings. The number of hydrogen-bond acceptors (Lipinski definition) is 3. The van der Waals surface area contributed by atoms with Gasteiger partial charge < -0.3 is 10.1 Å². The van der Waals surface area contributed by atoms with Crippen LogP contribution in [0.1, 0.15) is 6.92 Å². The first kappa shape index (κ1) is 10.5. The first-order valence-electron chi connectivity index (χ1n) is 4.80. The minimum Gasteiger partial charge on any atom is -0.379 e. The maximum atomic E-state index is 5.35. The molecule has 3 heteroatoms. The molecule has 0 aromatic carbocycles. The second-order valence-corrected chi connectivity index (χ2v) is 3.34. The molecule has 1 saturated heterocycles. The molecule has 1 N–H and O–H groups in total. The predicted molar refractivity (Wildman–Crippen MR) is 53.6 cm³/mol. The normalized spacial score (nSPS) is 24.2. The average molecular weight is 182 g/mol. The van der Waals surface area contributed by atoms with Crippen LogP contribution in [0.4, 0.5) is 0 Å². The number of morpholine rings is 1. The maximum absolute atomic E-state index is 5.35. The van der Waals surface area contributed by atoms with Crippen LogP contribution >= 0.6 is 0 Å². The lowest BCUT2D eigenvalue weighted by Gasteiger charge is -2.33. The summed E-state index contributed by atoms with van der Waals surface area (Å²) < 4.78 is 5.35. The lowest BCUT2D eigenvalue weighted by Crippen LogP contribution is -2.46. The first-order chi connectivity index (χ1) is 6.34. The van der Waals surface area contributed by atoms with Crippen molar-refractivity contribution in [3.05, 3.63) is 0 Å². The molecule has 1 aliphatic rings. The number of terminal acetylenes is 1. The molecule has 3 nitrogen and oxygen atoms in total. The van der Waals surface area contributed by atoms with Crippen LogP contribution in [0.15, 0.2) is 0 Å². The van der Waals surface area contributed by atoms with Crippen LogP contribution in [0.5, 0.6) is 0 Å². The van der Waals surface area contributed by atoms with Crippen LogP contribution < -0.4 is 5.32 Å². The summed E-state index contributed by atoms with van der Waals surface area (Å²) >= 11 is 0. The molecule has 0 spiro atoms. The smallest absolute Gasteiger partial charge is 0.0619 e. The van der Waals surface area contributed by atoms with Gasteiger partial charge in [0.1, 0.15) is 0 Å². The minimum absolute atomic E-state index is 0.543. The summed E-state index contributed by atoms with van der Waals surface area (Å²) in [6, 6.07) is 0.543. The summed E-state index contributed by atoms with van der Waals surface area (Å²) in [5, 5.41) is 3.18. The molecule has 1 heterocycles. The van der Waals surface area contributed by atoms with Crippen LogP contribution in [0, 0.1) is 12.3 Å². The van der Waals surface area contributed by atoms with Crippen molar-refractivity contribution in [1.29, 1.82) is 0 Å². The average Bonchev–Trinajstić information content (AvgIpc) is 2.15. The Morgan fingerprint density at radius 1 is 1.69 bits per heavy atom. The zero-order valence-corrected chi connectivity index (χ0v) is 8.25. The lowest BCUT2D eigenvalue weighted by atomic mass is 10.2. The topological polar surface area (TPSA) is 24.5 Å². The quantitative estimate of drug-likeness (QED) is 0.486. The first-order valence-corrected chi connectivity index (χ1v) is 4.80. The Hall–Kier alpha value is -0.560. The zero-order chi connectivity index (χ0) is 9.52. The third kappa shape index (κ3) is 3.77. The zero-order valence-electron chi connectivity index (χ0n) is 8.25. The van der Waals surface area contributed by atoms with E-state index in [1.54, 1.807) is 0 Å². The van der Waals surface area contributed by atoms with Crippen LogP contribution in [-0.2, 0) is 4.74 Å². The second-order valence-electron chi connectivity index (χ2n) is 3.34. The van der Waals surface area contributed by atoms with E-state index >= 15 is 0 Å². The number of nitrogens with one attached hydrogen (secondary N) is 1. The predicted octanol–water partition coefficient (Wildman–Crippen LogP) is -0.0701. The molecule has 74 valence electrons. The van der Waals surface area contributed by atoms with E-state index in [0.717, 1.165) is 32.8 Å². The van der Waals surface area contributed by atoms with E-state index in [1.165, 1.54) is 0 Å². The van der Waals surface area contributed by atoms with E-state index < -0.39 is 0 Å². The summed E-state index contributed by atoms with van der Waals surface area (Å²) in [5.41, 5.74) is 0. The molecule has 0 aromatic heterocycles. The van der Waals surface area contributed by atoms with Gasteiger partial charge >= 0.3 is 0 Å². The molecule has 1 rings (SSSR count). The summed E-state index contributed by atoms with van der Waals surface area (Å²) in [4.78, 5) is 2.42. The molecule has 0 aliphatic carbocycles. The van der Waals surface area contributed by atoms with Gasteiger partial charge in [-0.2, -0.15) is 0 Å². The molecular weight excluding hydrogens is 164 g/mol. The largest absolute Gasteiger partial charge is 0.379 e. The van der Waals surface area contributed by atoms with Crippen molar-refractivity contribution in [3.63, 3.8) is 0 Å². The van der Waals surface area contributed by atoms with Gasteiger partial charge in [-0.3, -0.25) is 4.90 Å². The second kappa shape index (κ2) is 5.98. The standard InChI is InChI=1S/C10H18N2O/c1-3-4-11-5-6-12-7-8-13-9-10(12)2/h1,10-11H,4-9H2,2H3. The highest BCUT2D eigenvalue weighted by Gasteiger charge is 2.17. The third-order valence-electron chi connectivity index (χ3n) is 2.31. The monoisotopic (exact) mass is 182 g/mol. The highest BCUT2D eigenvalue weighted by Crippen LogP contribution is 2.04. The van der Waals surface area contributed by atoms with Gasteiger partial charge in [0.15, 0.2) is 0 Å². The SMILES string of the molecule is C#CCNCCN1CCOCC1C. The molecular formula is C10H18N2O.